The molecule has 0 aromatic heterocycles. The summed E-state index contributed by atoms with van der Waals surface area (Å²) in [6.45, 7) is 6.58. The molecular formula is C57H102O6. The van der Waals surface area contributed by atoms with E-state index in [4.69, 9.17) is 14.2 Å². The van der Waals surface area contributed by atoms with Gasteiger partial charge < -0.3 is 14.2 Å². The Morgan fingerprint density at radius 1 is 0.317 bits per heavy atom. The minimum Gasteiger partial charge on any atom is -0.462 e. The third-order valence-corrected chi connectivity index (χ3v) is 11.8. The topological polar surface area (TPSA) is 78.9 Å². The number of ether oxygens (including phenoxy) is 3. The fraction of sp³-hybridized carbons (Fsp3) is 0.807. The van der Waals surface area contributed by atoms with Crippen molar-refractivity contribution in [3.63, 3.8) is 0 Å². The molecule has 0 N–H and O–H groups in total. The molecule has 0 bridgehead atoms. The van der Waals surface area contributed by atoms with Crippen LogP contribution in [0.1, 0.15) is 278 Å². The molecule has 0 rings (SSSR count). The Hall–Kier alpha value is -2.63. The van der Waals surface area contributed by atoms with Crippen LogP contribution in [0.25, 0.3) is 0 Å². The summed E-state index contributed by atoms with van der Waals surface area (Å²) in [6.07, 6.45) is 62.3. The Balaban J connectivity index is 4.38. The zero-order valence-electron chi connectivity index (χ0n) is 41.8. The van der Waals surface area contributed by atoms with E-state index >= 15 is 0 Å². The highest BCUT2D eigenvalue weighted by Crippen LogP contribution is 2.15. The molecule has 0 saturated heterocycles. The molecule has 366 valence electrons. The number of rotatable bonds is 49. The van der Waals surface area contributed by atoms with Gasteiger partial charge in [0.05, 0.1) is 0 Å². The van der Waals surface area contributed by atoms with Crippen LogP contribution in [-0.2, 0) is 28.6 Å². The number of carbonyl (C=O) groups excluding carboxylic acids is 3. The lowest BCUT2D eigenvalue weighted by molar-refractivity contribution is -0.167. The van der Waals surface area contributed by atoms with Crippen molar-refractivity contribution in [2.45, 2.75) is 284 Å². The third-order valence-electron chi connectivity index (χ3n) is 11.8. The first-order chi connectivity index (χ1) is 31.0. The van der Waals surface area contributed by atoms with Crippen molar-refractivity contribution < 1.29 is 28.6 Å². The first kappa shape index (κ1) is 60.4. The van der Waals surface area contributed by atoms with Crippen LogP contribution in [0.3, 0.4) is 0 Å². The summed E-state index contributed by atoms with van der Waals surface area (Å²) in [5.74, 6) is -0.891. The van der Waals surface area contributed by atoms with Crippen LogP contribution < -0.4 is 0 Å². The average Bonchev–Trinajstić information content (AvgIpc) is 3.28. The van der Waals surface area contributed by atoms with Gasteiger partial charge in [0, 0.05) is 19.3 Å². The maximum atomic E-state index is 12.8. The Labute approximate surface area is 390 Å². The molecule has 0 aromatic rings. The minimum absolute atomic E-state index is 0.0789. The summed E-state index contributed by atoms with van der Waals surface area (Å²) < 4.78 is 16.8. The fourth-order valence-electron chi connectivity index (χ4n) is 7.67. The van der Waals surface area contributed by atoms with Gasteiger partial charge >= 0.3 is 17.9 Å². The van der Waals surface area contributed by atoms with Gasteiger partial charge in [-0.2, -0.15) is 0 Å². The van der Waals surface area contributed by atoms with Crippen LogP contribution in [0.15, 0.2) is 48.6 Å². The van der Waals surface area contributed by atoms with Crippen molar-refractivity contribution in [2.75, 3.05) is 13.2 Å². The molecule has 0 spiro atoms. The molecule has 0 aliphatic heterocycles. The number of allylic oxidation sites excluding steroid dienone is 8. The van der Waals surface area contributed by atoms with Crippen LogP contribution in [0.5, 0.6) is 0 Å². The maximum absolute atomic E-state index is 12.8. The molecule has 63 heavy (non-hydrogen) atoms. The van der Waals surface area contributed by atoms with Gasteiger partial charge in [0.1, 0.15) is 13.2 Å². The lowest BCUT2D eigenvalue weighted by Crippen LogP contribution is -2.30. The van der Waals surface area contributed by atoms with E-state index in [0.717, 1.165) is 96.3 Å². The van der Waals surface area contributed by atoms with Crippen molar-refractivity contribution in [1.29, 1.82) is 0 Å². The van der Waals surface area contributed by atoms with E-state index in [2.05, 4.69) is 69.4 Å². The standard InChI is InChI=1S/C57H102O6/c1-4-7-10-13-16-19-22-25-28-29-30-33-35-38-41-44-47-50-56(59)62-53-54(63-57(60)51-48-45-42-39-36-32-27-24-21-18-15-12-9-6-3)52-61-55(58)49-46-43-40-37-34-31-26-23-20-17-14-11-8-5-2/h15-16,18-19,24-25,27-28,54H,4-14,17,20-23,26,29-53H2,1-3H3/b18-15-,19-16-,27-24-,28-25-/t54-/m1/s1. The van der Waals surface area contributed by atoms with E-state index in [9.17, 15) is 14.4 Å². The predicted molar refractivity (Wildman–Crippen MR) is 270 cm³/mol. The Bertz CT molecular complexity index is 1110. The summed E-state index contributed by atoms with van der Waals surface area (Å²) >= 11 is 0. The SMILES string of the molecule is CCCC/C=C\C/C=C\CCCCCCCC(=O)O[C@@H](COC(=O)CCCCCCCCC/C=C\C/C=C\CCCCC)COC(=O)CCCCCCCCCCCCCCCC. The lowest BCUT2D eigenvalue weighted by atomic mass is 10.0. The van der Waals surface area contributed by atoms with Crippen molar-refractivity contribution in [2.24, 2.45) is 0 Å². The summed E-state index contributed by atoms with van der Waals surface area (Å²) in [5, 5.41) is 0. The van der Waals surface area contributed by atoms with Crippen molar-refractivity contribution in [3.8, 4) is 0 Å². The molecule has 6 heteroatoms. The van der Waals surface area contributed by atoms with Gasteiger partial charge in [-0.25, -0.2) is 0 Å². The van der Waals surface area contributed by atoms with Crippen LogP contribution >= 0.6 is 0 Å². The first-order valence-corrected chi connectivity index (χ1v) is 27.1. The molecule has 0 amide bonds. The summed E-state index contributed by atoms with van der Waals surface area (Å²) in [6, 6.07) is 0. The van der Waals surface area contributed by atoms with E-state index in [1.807, 2.05) is 0 Å². The van der Waals surface area contributed by atoms with Gasteiger partial charge in [0.2, 0.25) is 0 Å². The third kappa shape index (κ3) is 50.2. The van der Waals surface area contributed by atoms with E-state index in [0.29, 0.717) is 19.3 Å². The Morgan fingerprint density at radius 3 is 0.952 bits per heavy atom. The molecule has 6 nitrogen and oxygen atoms in total. The smallest absolute Gasteiger partial charge is 0.306 e. The fourth-order valence-corrected chi connectivity index (χ4v) is 7.67. The molecule has 1 atom stereocenters. The monoisotopic (exact) mass is 883 g/mol. The highest BCUT2D eigenvalue weighted by atomic mass is 16.6. The zero-order valence-corrected chi connectivity index (χ0v) is 41.8. The van der Waals surface area contributed by atoms with Crippen molar-refractivity contribution in [3.05, 3.63) is 48.6 Å². The first-order valence-electron chi connectivity index (χ1n) is 27.1. The van der Waals surface area contributed by atoms with Crippen LogP contribution in [-0.4, -0.2) is 37.2 Å². The molecule has 0 fully saturated rings. The second kappa shape index (κ2) is 52.0. The molecular weight excluding hydrogens is 781 g/mol. The van der Waals surface area contributed by atoms with Gasteiger partial charge in [0.25, 0.3) is 0 Å². The summed E-state index contributed by atoms with van der Waals surface area (Å²) in [7, 11) is 0. The molecule has 0 saturated carbocycles. The minimum atomic E-state index is -0.781. The summed E-state index contributed by atoms with van der Waals surface area (Å²) in [5.41, 5.74) is 0. The molecule has 0 aromatic carbocycles. The molecule has 0 unspecified atom stereocenters. The van der Waals surface area contributed by atoms with Crippen LogP contribution in [0.2, 0.25) is 0 Å². The van der Waals surface area contributed by atoms with Gasteiger partial charge in [0.15, 0.2) is 6.10 Å². The van der Waals surface area contributed by atoms with Crippen LogP contribution in [0.4, 0.5) is 0 Å². The second-order valence-corrected chi connectivity index (χ2v) is 18.1. The van der Waals surface area contributed by atoms with Gasteiger partial charge in [-0.1, -0.05) is 230 Å². The Morgan fingerprint density at radius 2 is 0.587 bits per heavy atom. The van der Waals surface area contributed by atoms with Crippen molar-refractivity contribution >= 4 is 17.9 Å². The highest BCUT2D eigenvalue weighted by Gasteiger charge is 2.19. The molecule has 0 aliphatic carbocycles. The highest BCUT2D eigenvalue weighted by molar-refractivity contribution is 5.71. The zero-order chi connectivity index (χ0) is 45.8. The van der Waals surface area contributed by atoms with Gasteiger partial charge in [-0.15, -0.1) is 0 Å². The maximum Gasteiger partial charge on any atom is 0.306 e. The molecule has 0 aliphatic rings. The quantitative estimate of drug-likeness (QED) is 0.0262. The normalized spacial score (nSPS) is 12.4. The Kier molecular flexibility index (Phi) is 49.8. The van der Waals surface area contributed by atoms with Gasteiger partial charge in [-0.3, -0.25) is 14.4 Å². The number of unbranched alkanes of at least 4 members (excludes halogenated alkanes) is 30. The number of hydrogen-bond donors (Lipinski definition) is 0. The molecule has 0 heterocycles. The number of carbonyl (C=O) groups is 3. The number of hydrogen-bond acceptors (Lipinski definition) is 6. The van der Waals surface area contributed by atoms with E-state index in [-0.39, 0.29) is 31.1 Å². The molecule has 0 radical (unpaired) electrons. The average molecular weight is 883 g/mol. The largest absolute Gasteiger partial charge is 0.462 e. The predicted octanol–water partition coefficient (Wildman–Crippen LogP) is 17.9. The number of esters is 3. The van der Waals surface area contributed by atoms with E-state index in [1.54, 1.807) is 0 Å². The lowest BCUT2D eigenvalue weighted by Gasteiger charge is -2.18. The van der Waals surface area contributed by atoms with Gasteiger partial charge in [-0.05, 0) is 77.0 Å². The van der Waals surface area contributed by atoms with Crippen molar-refractivity contribution in [1.82, 2.24) is 0 Å². The van der Waals surface area contributed by atoms with E-state index < -0.39 is 6.10 Å². The second-order valence-electron chi connectivity index (χ2n) is 18.1. The van der Waals surface area contributed by atoms with Crippen LogP contribution in [0, 0.1) is 0 Å². The summed E-state index contributed by atoms with van der Waals surface area (Å²) in [4.78, 5) is 38.0. The van der Waals surface area contributed by atoms with E-state index in [1.165, 1.54) is 141 Å².